The number of aliphatic hydroxyl groups excluding tert-OH is 1. The van der Waals surface area contributed by atoms with Crippen molar-refractivity contribution < 1.29 is 28.8 Å². The summed E-state index contributed by atoms with van der Waals surface area (Å²) >= 11 is 0. The number of nitrogens with two attached hydrogens (primary N) is 1. The molecule has 1 saturated carbocycles. The number of esters is 1. The lowest BCUT2D eigenvalue weighted by molar-refractivity contribution is -0.204. The molecule has 3 unspecified atom stereocenters. The van der Waals surface area contributed by atoms with Gasteiger partial charge in [-0.05, 0) is 33.1 Å². The number of hydrogen-bond acceptors (Lipinski definition) is 7. The molecule has 2 heterocycles. The van der Waals surface area contributed by atoms with Crippen molar-refractivity contribution in [3.63, 3.8) is 0 Å². The first-order valence-corrected chi connectivity index (χ1v) is 9.50. The van der Waals surface area contributed by atoms with Crippen LogP contribution in [0.1, 0.15) is 58.8 Å². The third-order valence-electron chi connectivity index (χ3n) is 5.34. The SMILES string of the molecule is CC(C)OC[C@@H](O)C1OC2(CCCCC2)OC1C(N)[C@H]1CCC(=O)O1. The largest absolute Gasteiger partial charge is 0.461 e. The number of carbonyl (C=O) groups is 1. The molecule has 7 heteroatoms. The van der Waals surface area contributed by atoms with Crippen LogP contribution in [-0.2, 0) is 23.7 Å². The van der Waals surface area contributed by atoms with E-state index in [1.807, 2.05) is 13.8 Å². The van der Waals surface area contributed by atoms with E-state index in [4.69, 9.17) is 24.7 Å². The molecule has 5 atom stereocenters. The predicted molar refractivity (Wildman–Crippen MR) is 89.7 cm³/mol. The highest BCUT2D eigenvalue weighted by molar-refractivity contribution is 5.71. The summed E-state index contributed by atoms with van der Waals surface area (Å²) in [5.74, 6) is -0.904. The van der Waals surface area contributed by atoms with Gasteiger partial charge in [-0.3, -0.25) is 4.79 Å². The van der Waals surface area contributed by atoms with Gasteiger partial charge in [-0.15, -0.1) is 0 Å². The molecule has 3 fully saturated rings. The first kappa shape index (κ1) is 19.0. The molecule has 25 heavy (non-hydrogen) atoms. The number of carbonyl (C=O) groups excluding carboxylic acids is 1. The van der Waals surface area contributed by atoms with Crippen LogP contribution in [0.5, 0.6) is 0 Å². The molecule has 0 radical (unpaired) electrons. The third kappa shape index (κ3) is 4.34. The molecule has 1 spiro atoms. The summed E-state index contributed by atoms with van der Waals surface area (Å²) < 4.78 is 23.4. The van der Waals surface area contributed by atoms with E-state index in [2.05, 4.69) is 0 Å². The fraction of sp³-hybridized carbons (Fsp3) is 0.944. The van der Waals surface area contributed by atoms with Gasteiger partial charge in [0.2, 0.25) is 0 Å². The number of hydrogen-bond donors (Lipinski definition) is 2. The fourth-order valence-corrected chi connectivity index (χ4v) is 3.99. The van der Waals surface area contributed by atoms with E-state index in [0.29, 0.717) is 12.8 Å². The van der Waals surface area contributed by atoms with Gasteiger partial charge in [0.25, 0.3) is 0 Å². The van der Waals surface area contributed by atoms with Crippen LogP contribution in [-0.4, -0.2) is 60.0 Å². The van der Waals surface area contributed by atoms with Gasteiger partial charge >= 0.3 is 5.97 Å². The van der Waals surface area contributed by atoms with Gasteiger partial charge in [0, 0.05) is 19.3 Å². The number of ether oxygens (including phenoxy) is 4. The summed E-state index contributed by atoms with van der Waals surface area (Å²) in [5.41, 5.74) is 6.39. The minimum absolute atomic E-state index is 0.0172. The van der Waals surface area contributed by atoms with E-state index >= 15 is 0 Å². The van der Waals surface area contributed by atoms with Crippen LogP contribution >= 0.6 is 0 Å². The second-order valence-corrected chi connectivity index (χ2v) is 7.73. The molecule has 0 aromatic carbocycles. The Hall–Kier alpha value is -0.730. The van der Waals surface area contributed by atoms with Gasteiger partial charge in [-0.2, -0.15) is 0 Å². The summed E-state index contributed by atoms with van der Waals surface area (Å²) in [6.45, 7) is 4.00. The minimum atomic E-state index is -0.836. The molecule has 144 valence electrons. The van der Waals surface area contributed by atoms with Gasteiger partial charge in [0.15, 0.2) is 5.79 Å². The van der Waals surface area contributed by atoms with Gasteiger partial charge in [-0.1, -0.05) is 6.42 Å². The van der Waals surface area contributed by atoms with E-state index < -0.39 is 30.1 Å². The molecule has 0 aromatic heterocycles. The normalized spacial score (nSPS) is 34.4. The quantitative estimate of drug-likeness (QED) is 0.690. The average Bonchev–Trinajstić information content (AvgIpc) is 3.17. The van der Waals surface area contributed by atoms with Gasteiger partial charge in [-0.25, -0.2) is 0 Å². The highest BCUT2D eigenvalue weighted by Gasteiger charge is 2.54. The molecule has 3 N–H and O–H groups in total. The molecule has 3 rings (SSSR count). The zero-order valence-corrected chi connectivity index (χ0v) is 15.2. The van der Waals surface area contributed by atoms with Crippen molar-refractivity contribution in [3.8, 4) is 0 Å². The van der Waals surface area contributed by atoms with Crippen LogP contribution in [0.2, 0.25) is 0 Å². The molecule has 2 aliphatic heterocycles. The molecule has 7 nitrogen and oxygen atoms in total. The Morgan fingerprint density at radius 1 is 1.24 bits per heavy atom. The zero-order valence-electron chi connectivity index (χ0n) is 15.2. The second-order valence-electron chi connectivity index (χ2n) is 7.73. The van der Waals surface area contributed by atoms with Crippen LogP contribution in [0.4, 0.5) is 0 Å². The minimum Gasteiger partial charge on any atom is -0.461 e. The highest BCUT2D eigenvalue weighted by Crippen LogP contribution is 2.43. The lowest BCUT2D eigenvalue weighted by atomic mass is 9.94. The number of rotatable bonds is 6. The maximum atomic E-state index is 11.4. The van der Waals surface area contributed by atoms with Crippen LogP contribution in [0.25, 0.3) is 0 Å². The Morgan fingerprint density at radius 3 is 2.52 bits per heavy atom. The first-order chi connectivity index (χ1) is 11.9. The third-order valence-corrected chi connectivity index (χ3v) is 5.34. The van der Waals surface area contributed by atoms with Crippen LogP contribution < -0.4 is 5.73 Å². The van der Waals surface area contributed by atoms with Gasteiger partial charge < -0.3 is 29.8 Å². The molecular formula is C18H31NO6. The van der Waals surface area contributed by atoms with Gasteiger partial charge in [0.05, 0.1) is 18.8 Å². The monoisotopic (exact) mass is 357 g/mol. The predicted octanol–water partition coefficient (Wildman–Crippen LogP) is 1.25. The Balaban J connectivity index is 1.72. The highest BCUT2D eigenvalue weighted by atomic mass is 16.8. The lowest BCUT2D eigenvalue weighted by Crippen LogP contribution is -2.53. The average molecular weight is 357 g/mol. The standard InChI is InChI=1S/C18H31NO6/c1-11(2)22-10-12(20)16-17(15(19)13-6-7-14(21)23-13)25-18(24-16)8-4-3-5-9-18/h11-13,15-17,20H,3-10,19H2,1-2H3/t12-,13-,15?,16?,17?/m1/s1. The zero-order chi connectivity index (χ0) is 18.0. The van der Waals surface area contributed by atoms with Crippen molar-refractivity contribution in [2.75, 3.05) is 6.61 Å². The molecule has 3 aliphatic rings. The Bertz CT molecular complexity index is 464. The summed E-state index contributed by atoms with van der Waals surface area (Å²) in [7, 11) is 0. The summed E-state index contributed by atoms with van der Waals surface area (Å²) in [6, 6.07) is -0.522. The van der Waals surface area contributed by atoms with E-state index in [-0.39, 0.29) is 24.8 Å². The smallest absolute Gasteiger partial charge is 0.306 e. The summed E-state index contributed by atoms with van der Waals surface area (Å²) in [4.78, 5) is 11.4. The Labute approximate surface area is 149 Å². The van der Waals surface area contributed by atoms with E-state index in [1.54, 1.807) is 0 Å². The Morgan fingerprint density at radius 2 is 1.92 bits per heavy atom. The molecule has 1 aliphatic carbocycles. The van der Waals surface area contributed by atoms with Crippen LogP contribution in [0, 0.1) is 0 Å². The fourth-order valence-electron chi connectivity index (χ4n) is 3.99. The topological polar surface area (TPSA) is 100 Å². The van der Waals surface area contributed by atoms with Crippen molar-refractivity contribution in [1.29, 1.82) is 0 Å². The maximum absolute atomic E-state index is 11.4. The maximum Gasteiger partial charge on any atom is 0.306 e. The van der Waals surface area contributed by atoms with Crippen molar-refractivity contribution in [2.45, 2.75) is 101 Å². The second kappa shape index (κ2) is 7.88. The van der Waals surface area contributed by atoms with Gasteiger partial charge in [0.1, 0.15) is 24.4 Å². The Kier molecular flexibility index (Phi) is 6.00. The van der Waals surface area contributed by atoms with E-state index in [1.165, 1.54) is 0 Å². The van der Waals surface area contributed by atoms with Crippen molar-refractivity contribution in [1.82, 2.24) is 0 Å². The number of cyclic esters (lactones) is 1. The molecule has 0 bridgehead atoms. The summed E-state index contributed by atoms with van der Waals surface area (Å²) in [6.07, 6.45) is 3.49. The van der Waals surface area contributed by atoms with Crippen molar-refractivity contribution in [2.24, 2.45) is 5.73 Å². The van der Waals surface area contributed by atoms with E-state index in [9.17, 15) is 9.90 Å². The molecule has 0 amide bonds. The van der Waals surface area contributed by atoms with E-state index in [0.717, 1.165) is 32.1 Å². The van der Waals surface area contributed by atoms with Crippen LogP contribution in [0.15, 0.2) is 0 Å². The number of aliphatic hydroxyl groups is 1. The van der Waals surface area contributed by atoms with Crippen molar-refractivity contribution in [3.05, 3.63) is 0 Å². The molecule has 0 aromatic rings. The van der Waals surface area contributed by atoms with Crippen LogP contribution in [0.3, 0.4) is 0 Å². The molecular weight excluding hydrogens is 326 g/mol. The summed E-state index contributed by atoms with van der Waals surface area (Å²) in [5, 5.41) is 10.6. The first-order valence-electron chi connectivity index (χ1n) is 9.50. The van der Waals surface area contributed by atoms with Crippen molar-refractivity contribution >= 4 is 5.97 Å². The lowest BCUT2D eigenvalue weighted by Gasteiger charge is -2.32. The molecule has 2 saturated heterocycles.